The molecular weight excluding hydrogens is 218 g/mol. The van der Waals surface area contributed by atoms with E-state index >= 15 is 0 Å². The van der Waals surface area contributed by atoms with Crippen molar-refractivity contribution in [1.29, 1.82) is 0 Å². The molecule has 0 aliphatic carbocycles. The van der Waals surface area contributed by atoms with Crippen molar-refractivity contribution >= 4 is 5.82 Å². The first-order valence-corrected chi connectivity index (χ1v) is 5.38. The minimum absolute atomic E-state index is 0.641. The molecular formula is C11H15N5O. The van der Waals surface area contributed by atoms with Gasteiger partial charge in [0, 0.05) is 25.4 Å². The maximum absolute atomic E-state index is 5.37. The second-order valence-corrected chi connectivity index (χ2v) is 3.54. The zero-order chi connectivity index (χ0) is 12.3. The molecule has 0 aliphatic heterocycles. The van der Waals surface area contributed by atoms with Gasteiger partial charge in [0.05, 0.1) is 13.3 Å². The number of hydrogen-bond acceptors (Lipinski definition) is 5. The molecule has 0 bridgehead atoms. The highest BCUT2D eigenvalue weighted by Gasteiger charge is 2.14. The zero-order valence-electron chi connectivity index (χ0n) is 10.1. The molecule has 0 spiro atoms. The SMILES string of the molecule is CCNc1ncnc(-c2cnn(C)c2)c1OC. The van der Waals surface area contributed by atoms with E-state index in [1.807, 2.05) is 20.2 Å². The number of aryl methyl sites for hydroxylation is 1. The molecule has 2 rings (SSSR count). The number of anilines is 1. The lowest BCUT2D eigenvalue weighted by Gasteiger charge is -2.10. The molecule has 0 radical (unpaired) electrons. The molecule has 0 fully saturated rings. The van der Waals surface area contributed by atoms with Crippen molar-refractivity contribution in [2.75, 3.05) is 19.0 Å². The van der Waals surface area contributed by atoms with Crippen LogP contribution in [-0.2, 0) is 7.05 Å². The van der Waals surface area contributed by atoms with E-state index in [0.29, 0.717) is 11.6 Å². The van der Waals surface area contributed by atoms with Gasteiger partial charge in [-0.3, -0.25) is 4.68 Å². The van der Waals surface area contributed by atoms with Gasteiger partial charge in [-0.05, 0) is 6.92 Å². The summed E-state index contributed by atoms with van der Waals surface area (Å²) in [6, 6.07) is 0. The van der Waals surface area contributed by atoms with Gasteiger partial charge in [-0.2, -0.15) is 5.10 Å². The number of hydrogen-bond donors (Lipinski definition) is 1. The molecule has 0 amide bonds. The number of ether oxygens (including phenoxy) is 1. The molecule has 0 saturated heterocycles. The van der Waals surface area contributed by atoms with Crippen molar-refractivity contribution in [3.05, 3.63) is 18.7 Å². The molecule has 0 saturated carbocycles. The van der Waals surface area contributed by atoms with E-state index in [1.165, 1.54) is 6.33 Å². The predicted molar refractivity (Wildman–Crippen MR) is 64.9 cm³/mol. The fourth-order valence-electron chi connectivity index (χ4n) is 1.61. The molecule has 0 aromatic carbocycles. The lowest BCUT2D eigenvalue weighted by atomic mass is 10.2. The summed E-state index contributed by atoms with van der Waals surface area (Å²) in [5.41, 5.74) is 1.65. The summed E-state index contributed by atoms with van der Waals surface area (Å²) in [6.07, 6.45) is 5.16. The molecule has 1 N–H and O–H groups in total. The first kappa shape index (κ1) is 11.4. The van der Waals surface area contributed by atoms with Gasteiger partial charge in [0.1, 0.15) is 12.0 Å². The highest BCUT2D eigenvalue weighted by atomic mass is 16.5. The molecule has 2 heterocycles. The van der Waals surface area contributed by atoms with Crippen molar-refractivity contribution in [3.63, 3.8) is 0 Å². The van der Waals surface area contributed by atoms with Gasteiger partial charge in [0.2, 0.25) is 0 Å². The molecule has 0 aliphatic rings. The average molecular weight is 233 g/mol. The Balaban J connectivity index is 2.49. The van der Waals surface area contributed by atoms with Crippen molar-refractivity contribution in [1.82, 2.24) is 19.7 Å². The van der Waals surface area contributed by atoms with Crippen LogP contribution in [0, 0.1) is 0 Å². The normalized spacial score (nSPS) is 10.3. The van der Waals surface area contributed by atoms with E-state index in [9.17, 15) is 0 Å². The van der Waals surface area contributed by atoms with E-state index in [4.69, 9.17) is 4.74 Å². The first-order chi connectivity index (χ1) is 8.26. The number of aromatic nitrogens is 4. The smallest absolute Gasteiger partial charge is 0.187 e. The lowest BCUT2D eigenvalue weighted by molar-refractivity contribution is 0.414. The van der Waals surface area contributed by atoms with Crippen LogP contribution in [0.4, 0.5) is 5.82 Å². The van der Waals surface area contributed by atoms with Crippen molar-refractivity contribution < 1.29 is 4.74 Å². The second-order valence-electron chi connectivity index (χ2n) is 3.54. The van der Waals surface area contributed by atoms with Crippen LogP contribution in [0.3, 0.4) is 0 Å². The van der Waals surface area contributed by atoms with Crippen LogP contribution in [0.1, 0.15) is 6.92 Å². The number of nitrogens with zero attached hydrogens (tertiary/aromatic N) is 4. The Morgan fingerprint density at radius 1 is 1.41 bits per heavy atom. The quantitative estimate of drug-likeness (QED) is 0.862. The summed E-state index contributed by atoms with van der Waals surface area (Å²) in [5, 5.41) is 7.27. The maximum atomic E-state index is 5.37. The Hall–Kier alpha value is -2.11. The van der Waals surface area contributed by atoms with E-state index in [1.54, 1.807) is 18.0 Å². The summed E-state index contributed by atoms with van der Waals surface area (Å²) in [4.78, 5) is 8.40. The van der Waals surface area contributed by atoms with Crippen molar-refractivity contribution in [2.24, 2.45) is 7.05 Å². The van der Waals surface area contributed by atoms with E-state index in [2.05, 4.69) is 20.4 Å². The fourth-order valence-corrected chi connectivity index (χ4v) is 1.61. The van der Waals surface area contributed by atoms with Crippen LogP contribution in [0.2, 0.25) is 0 Å². The molecule has 6 nitrogen and oxygen atoms in total. The molecule has 90 valence electrons. The summed E-state index contributed by atoms with van der Waals surface area (Å²) in [6.45, 7) is 2.78. The van der Waals surface area contributed by atoms with Gasteiger partial charge in [-0.1, -0.05) is 0 Å². The molecule has 0 atom stereocenters. The Kier molecular flexibility index (Phi) is 3.22. The Bertz CT molecular complexity index is 508. The first-order valence-electron chi connectivity index (χ1n) is 5.38. The topological polar surface area (TPSA) is 64.9 Å². The Morgan fingerprint density at radius 3 is 2.82 bits per heavy atom. The Morgan fingerprint density at radius 2 is 2.24 bits per heavy atom. The van der Waals surface area contributed by atoms with Gasteiger partial charge in [0.25, 0.3) is 0 Å². The highest BCUT2D eigenvalue weighted by Crippen LogP contribution is 2.32. The van der Waals surface area contributed by atoms with Crippen LogP contribution in [0.25, 0.3) is 11.3 Å². The van der Waals surface area contributed by atoms with Gasteiger partial charge in [-0.25, -0.2) is 9.97 Å². The molecule has 2 aromatic rings. The van der Waals surface area contributed by atoms with Crippen LogP contribution in [0.15, 0.2) is 18.7 Å². The molecule has 0 unspecified atom stereocenters. The largest absolute Gasteiger partial charge is 0.491 e. The van der Waals surface area contributed by atoms with Crippen LogP contribution >= 0.6 is 0 Å². The molecule has 6 heteroatoms. The summed E-state index contributed by atoms with van der Waals surface area (Å²) < 4.78 is 7.09. The summed E-state index contributed by atoms with van der Waals surface area (Å²) >= 11 is 0. The lowest BCUT2D eigenvalue weighted by Crippen LogP contribution is -2.04. The van der Waals surface area contributed by atoms with Gasteiger partial charge < -0.3 is 10.1 Å². The predicted octanol–water partition coefficient (Wildman–Crippen LogP) is 1.32. The average Bonchev–Trinajstić information content (AvgIpc) is 2.76. The maximum Gasteiger partial charge on any atom is 0.187 e. The van der Waals surface area contributed by atoms with Gasteiger partial charge >= 0.3 is 0 Å². The van der Waals surface area contributed by atoms with Crippen LogP contribution < -0.4 is 10.1 Å². The second kappa shape index (κ2) is 4.82. The standard InChI is InChI=1S/C11H15N5O/c1-4-12-11-10(17-3)9(13-7-14-11)8-5-15-16(2)6-8/h5-7H,4H2,1-3H3,(H,12,13,14). The Labute approximate surface area is 99.7 Å². The minimum Gasteiger partial charge on any atom is -0.491 e. The van der Waals surface area contributed by atoms with E-state index in [0.717, 1.165) is 17.8 Å². The van der Waals surface area contributed by atoms with Gasteiger partial charge in [0.15, 0.2) is 11.6 Å². The van der Waals surface area contributed by atoms with Crippen LogP contribution in [-0.4, -0.2) is 33.4 Å². The number of nitrogens with one attached hydrogen (secondary N) is 1. The van der Waals surface area contributed by atoms with E-state index in [-0.39, 0.29) is 0 Å². The third-order valence-electron chi connectivity index (χ3n) is 2.33. The minimum atomic E-state index is 0.641. The van der Waals surface area contributed by atoms with Crippen LogP contribution in [0.5, 0.6) is 5.75 Å². The monoisotopic (exact) mass is 233 g/mol. The van der Waals surface area contributed by atoms with E-state index < -0.39 is 0 Å². The molecule has 2 aromatic heterocycles. The highest BCUT2D eigenvalue weighted by molar-refractivity contribution is 5.71. The third kappa shape index (κ3) is 2.20. The number of methoxy groups -OCH3 is 1. The zero-order valence-corrected chi connectivity index (χ0v) is 10.1. The number of rotatable bonds is 4. The van der Waals surface area contributed by atoms with Crippen molar-refractivity contribution in [2.45, 2.75) is 6.92 Å². The van der Waals surface area contributed by atoms with Gasteiger partial charge in [-0.15, -0.1) is 0 Å². The molecule has 17 heavy (non-hydrogen) atoms. The third-order valence-corrected chi connectivity index (χ3v) is 2.33. The summed E-state index contributed by atoms with van der Waals surface area (Å²) in [7, 11) is 3.47. The summed E-state index contributed by atoms with van der Waals surface area (Å²) in [5.74, 6) is 1.34. The fraction of sp³-hybridized carbons (Fsp3) is 0.364. The van der Waals surface area contributed by atoms with Crippen molar-refractivity contribution in [3.8, 4) is 17.0 Å².